The van der Waals surface area contributed by atoms with Gasteiger partial charge in [0.2, 0.25) is 0 Å². The summed E-state index contributed by atoms with van der Waals surface area (Å²) < 4.78 is 0. The molecule has 0 radical (unpaired) electrons. The average molecular weight is 308 g/mol. The van der Waals surface area contributed by atoms with Crippen molar-refractivity contribution in [3.05, 3.63) is 34.9 Å². The summed E-state index contributed by atoms with van der Waals surface area (Å²) in [7, 11) is 2.10. The quantitative estimate of drug-likeness (QED) is 0.801. The molecule has 0 saturated heterocycles. The zero-order chi connectivity index (χ0) is 15.6. The van der Waals surface area contributed by atoms with E-state index in [0.717, 1.165) is 30.8 Å². The molecule has 1 aromatic rings. The van der Waals surface area contributed by atoms with Crippen molar-refractivity contribution in [3.8, 4) is 0 Å². The molecule has 0 bridgehead atoms. The lowest BCUT2D eigenvalue weighted by atomic mass is 9.71. The number of nitrogens with zero attached hydrogens (tertiary/aromatic N) is 1. The Morgan fingerprint density at radius 2 is 2.14 bits per heavy atom. The van der Waals surface area contributed by atoms with Crippen LogP contribution in [0.4, 0.5) is 0 Å². The third kappa shape index (κ3) is 4.31. The minimum atomic E-state index is 0.167. The summed E-state index contributed by atoms with van der Waals surface area (Å²) in [4.78, 5) is 14.5. The maximum atomic E-state index is 12.2. The number of carbonyl (C=O) groups excluding carboxylic acids is 1. The lowest BCUT2D eigenvalue weighted by Crippen LogP contribution is -2.38. The van der Waals surface area contributed by atoms with Gasteiger partial charge in [-0.15, -0.1) is 0 Å². The van der Waals surface area contributed by atoms with Crippen molar-refractivity contribution in [1.29, 1.82) is 0 Å². The van der Waals surface area contributed by atoms with Crippen LogP contribution in [0.3, 0.4) is 0 Å². The second-order valence-corrected chi connectivity index (χ2v) is 7.64. The molecule has 21 heavy (non-hydrogen) atoms. The Kier molecular flexibility index (Phi) is 5.11. The highest BCUT2D eigenvalue weighted by Crippen LogP contribution is 2.37. The molecular formula is C18H26ClNO. The van der Waals surface area contributed by atoms with Crippen molar-refractivity contribution in [2.24, 2.45) is 11.3 Å². The third-order valence-electron chi connectivity index (χ3n) is 4.80. The van der Waals surface area contributed by atoms with E-state index >= 15 is 0 Å². The van der Waals surface area contributed by atoms with Gasteiger partial charge in [-0.3, -0.25) is 9.69 Å². The van der Waals surface area contributed by atoms with Crippen molar-refractivity contribution in [1.82, 2.24) is 4.90 Å². The van der Waals surface area contributed by atoms with Crippen molar-refractivity contribution in [2.45, 2.75) is 46.1 Å². The number of benzene rings is 1. The Balaban J connectivity index is 2.03. The van der Waals surface area contributed by atoms with Crippen molar-refractivity contribution in [2.75, 3.05) is 13.6 Å². The third-order valence-corrected chi connectivity index (χ3v) is 5.04. The molecule has 1 aliphatic carbocycles. The van der Waals surface area contributed by atoms with Gasteiger partial charge in [-0.2, -0.15) is 0 Å². The van der Waals surface area contributed by atoms with Crippen LogP contribution in [0.2, 0.25) is 5.02 Å². The monoisotopic (exact) mass is 307 g/mol. The number of hydrogen-bond donors (Lipinski definition) is 0. The molecule has 0 aliphatic heterocycles. The van der Waals surface area contributed by atoms with Gasteiger partial charge in [0, 0.05) is 29.9 Å². The molecular weight excluding hydrogens is 282 g/mol. The minimum Gasteiger partial charge on any atom is -0.299 e. The summed E-state index contributed by atoms with van der Waals surface area (Å²) in [6.45, 7) is 7.54. The molecule has 0 N–H and O–H groups in total. The second-order valence-electron chi connectivity index (χ2n) is 7.20. The molecule has 2 nitrogen and oxygen atoms in total. The van der Waals surface area contributed by atoms with E-state index in [1.54, 1.807) is 0 Å². The zero-order valence-corrected chi connectivity index (χ0v) is 14.3. The van der Waals surface area contributed by atoms with Gasteiger partial charge < -0.3 is 0 Å². The lowest BCUT2D eigenvalue weighted by molar-refractivity contribution is -0.127. The first-order valence-corrected chi connectivity index (χ1v) is 8.15. The highest BCUT2D eigenvalue weighted by molar-refractivity contribution is 6.30. The number of halogens is 1. The van der Waals surface area contributed by atoms with Crippen LogP contribution in [0.5, 0.6) is 0 Å². The van der Waals surface area contributed by atoms with Gasteiger partial charge >= 0.3 is 0 Å². The summed E-state index contributed by atoms with van der Waals surface area (Å²) in [5, 5.41) is 0.766. The molecule has 1 fully saturated rings. The highest BCUT2D eigenvalue weighted by atomic mass is 35.5. The predicted octanol–water partition coefficient (Wildman–Crippen LogP) is 4.73. The Bertz CT molecular complexity index is 512. The molecule has 2 atom stereocenters. The van der Waals surface area contributed by atoms with E-state index in [4.69, 9.17) is 11.6 Å². The first-order valence-electron chi connectivity index (χ1n) is 7.77. The summed E-state index contributed by atoms with van der Waals surface area (Å²) in [5.41, 5.74) is 1.49. The van der Waals surface area contributed by atoms with Crippen molar-refractivity contribution < 1.29 is 4.79 Å². The van der Waals surface area contributed by atoms with Crippen LogP contribution < -0.4 is 0 Å². The SMILES string of the molecule is CC(c1cccc(Cl)c1)N(C)CC1CC(C)(C)CCC1=O. The first-order chi connectivity index (χ1) is 9.78. The van der Waals surface area contributed by atoms with Crippen LogP contribution in [0, 0.1) is 11.3 Å². The highest BCUT2D eigenvalue weighted by Gasteiger charge is 2.34. The molecule has 116 valence electrons. The number of rotatable bonds is 4. The fraction of sp³-hybridized carbons (Fsp3) is 0.611. The van der Waals surface area contributed by atoms with Gasteiger partial charge in [0.05, 0.1) is 0 Å². The molecule has 0 aromatic heterocycles. The molecule has 1 aliphatic rings. The number of Topliss-reactive ketones (excluding diaryl/α,β-unsaturated/α-hetero) is 1. The maximum absolute atomic E-state index is 12.2. The zero-order valence-electron chi connectivity index (χ0n) is 13.5. The van der Waals surface area contributed by atoms with Crippen LogP contribution in [0.1, 0.15) is 51.6 Å². The van der Waals surface area contributed by atoms with Gasteiger partial charge in [0.15, 0.2) is 0 Å². The number of hydrogen-bond acceptors (Lipinski definition) is 2. The van der Waals surface area contributed by atoms with E-state index in [2.05, 4.69) is 38.8 Å². The molecule has 0 amide bonds. The van der Waals surface area contributed by atoms with Crippen molar-refractivity contribution in [3.63, 3.8) is 0 Å². The van der Waals surface area contributed by atoms with Crippen molar-refractivity contribution >= 4 is 17.4 Å². The minimum absolute atomic E-state index is 0.167. The molecule has 1 saturated carbocycles. The van der Waals surface area contributed by atoms with E-state index in [1.807, 2.05) is 18.2 Å². The van der Waals surface area contributed by atoms with E-state index in [0.29, 0.717) is 11.2 Å². The molecule has 2 unspecified atom stereocenters. The van der Waals surface area contributed by atoms with Crippen LogP contribution >= 0.6 is 11.6 Å². The Morgan fingerprint density at radius 1 is 1.43 bits per heavy atom. The van der Waals surface area contributed by atoms with Gasteiger partial charge in [-0.05, 0) is 49.9 Å². The number of ketones is 1. The molecule has 0 heterocycles. The van der Waals surface area contributed by atoms with Gasteiger partial charge in [-0.25, -0.2) is 0 Å². The molecule has 0 spiro atoms. The van der Waals surface area contributed by atoms with Gasteiger partial charge in [0.25, 0.3) is 0 Å². The van der Waals surface area contributed by atoms with Crippen LogP contribution in [0.25, 0.3) is 0 Å². The van der Waals surface area contributed by atoms with E-state index in [1.165, 1.54) is 5.56 Å². The fourth-order valence-electron chi connectivity index (χ4n) is 3.24. The topological polar surface area (TPSA) is 20.3 Å². The standard InChI is InChI=1S/C18H26ClNO/c1-13(14-6-5-7-16(19)10-14)20(4)12-15-11-18(2,3)9-8-17(15)21/h5-7,10,13,15H,8-9,11-12H2,1-4H3. The maximum Gasteiger partial charge on any atom is 0.137 e. The molecule has 3 heteroatoms. The normalized spacial score (nSPS) is 23.3. The van der Waals surface area contributed by atoms with Crippen LogP contribution in [0.15, 0.2) is 24.3 Å². The molecule has 2 rings (SSSR count). The second kappa shape index (κ2) is 6.50. The Hall–Kier alpha value is -0.860. The largest absolute Gasteiger partial charge is 0.299 e. The Labute approximate surface area is 133 Å². The predicted molar refractivity (Wildman–Crippen MR) is 88.6 cm³/mol. The van der Waals surface area contributed by atoms with Gasteiger partial charge in [-0.1, -0.05) is 37.6 Å². The fourth-order valence-corrected chi connectivity index (χ4v) is 3.44. The summed E-state index contributed by atoms with van der Waals surface area (Å²) in [6, 6.07) is 8.25. The average Bonchev–Trinajstić information content (AvgIpc) is 2.42. The van der Waals surface area contributed by atoms with E-state index < -0.39 is 0 Å². The molecule has 1 aromatic carbocycles. The van der Waals surface area contributed by atoms with Crippen LogP contribution in [-0.4, -0.2) is 24.3 Å². The van der Waals surface area contributed by atoms with E-state index in [-0.39, 0.29) is 12.0 Å². The number of carbonyl (C=O) groups is 1. The lowest BCUT2D eigenvalue weighted by Gasteiger charge is -2.37. The summed E-state index contributed by atoms with van der Waals surface area (Å²) >= 11 is 6.07. The van der Waals surface area contributed by atoms with E-state index in [9.17, 15) is 4.79 Å². The summed E-state index contributed by atoms with van der Waals surface area (Å²) in [6.07, 6.45) is 2.76. The summed E-state index contributed by atoms with van der Waals surface area (Å²) in [5.74, 6) is 0.597. The first kappa shape index (κ1) is 16.5. The Morgan fingerprint density at radius 3 is 2.81 bits per heavy atom. The van der Waals surface area contributed by atoms with Gasteiger partial charge in [0.1, 0.15) is 5.78 Å². The smallest absolute Gasteiger partial charge is 0.137 e. The van der Waals surface area contributed by atoms with Crippen LogP contribution in [-0.2, 0) is 4.79 Å².